The molecule has 1 aromatic carbocycles. The molecule has 0 aromatic heterocycles. The van der Waals surface area contributed by atoms with Crippen LogP contribution in [0.3, 0.4) is 0 Å². The Morgan fingerprint density at radius 1 is 1.42 bits per heavy atom. The molecule has 0 spiro atoms. The fourth-order valence-corrected chi connectivity index (χ4v) is 2.15. The number of amidine groups is 1. The van der Waals surface area contributed by atoms with Gasteiger partial charge in [-0.15, -0.1) is 0 Å². The van der Waals surface area contributed by atoms with Crippen LogP contribution >= 0.6 is 11.8 Å². The summed E-state index contributed by atoms with van der Waals surface area (Å²) in [4.78, 5) is 15.5. The second kappa shape index (κ2) is 7.19. The van der Waals surface area contributed by atoms with Crippen molar-refractivity contribution in [1.29, 1.82) is 0 Å². The van der Waals surface area contributed by atoms with Gasteiger partial charge in [-0.3, -0.25) is 0 Å². The van der Waals surface area contributed by atoms with Gasteiger partial charge in [0, 0.05) is 6.04 Å². The minimum atomic E-state index is -0.542. The van der Waals surface area contributed by atoms with E-state index in [0.29, 0.717) is 11.2 Å². The molecule has 1 aliphatic carbocycles. The molecule has 1 aliphatic rings. The standard InChI is InChI=1S/C14H18N2O2S/c1-19-13(15-12-8-5-9-12)16-14(17)18-10-11-6-3-2-4-7-11/h2-4,6-7,12H,5,8-10H2,1H3,(H,15,16,17). The number of nitrogens with one attached hydrogen (secondary N) is 1. The molecular formula is C14H18N2O2S. The Labute approximate surface area is 117 Å². The summed E-state index contributed by atoms with van der Waals surface area (Å²) in [5.41, 5.74) is 0.962. The third-order valence-electron chi connectivity index (χ3n) is 3.02. The predicted molar refractivity (Wildman–Crippen MR) is 78.4 cm³/mol. The normalized spacial score (nSPS) is 15.7. The number of aliphatic imine (C=N–C) groups is 1. The number of nitrogens with zero attached hydrogens (tertiary/aromatic N) is 1. The second-order valence-corrected chi connectivity index (χ2v) is 5.23. The van der Waals surface area contributed by atoms with Crippen molar-refractivity contribution in [2.45, 2.75) is 31.9 Å². The van der Waals surface area contributed by atoms with E-state index in [9.17, 15) is 4.79 Å². The highest BCUT2D eigenvalue weighted by Gasteiger charge is 2.18. The van der Waals surface area contributed by atoms with E-state index in [1.54, 1.807) is 0 Å². The lowest BCUT2D eigenvalue weighted by molar-refractivity contribution is 0.151. The van der Waals surface area contributed by atoms with Crippen LogP contribution in [-0.2, 0) is 11.3 Å². The van der Waals surface area contributed by atoms with Crippen molar-refractivity contribution in [2.75, 3.05) is 6.26 Å². The van der Waals surface area contributed by atoms with E-state index in [1.807, 2.05) is 36.6 Å². The van der Waals surface area contributed by atoms with Crippen molar-refractivity contribution in [2.24, 2.45) is 4.99 Å². The molecule has 1 amide bonds. The highest BCUT2D eigenvalue weighted by atomic mass is 32.2. The Kier molecular flexibility index (Phi) is 5.27. The largest absolute Gasteiger partial charge is 0.443 e. The number of carbonyl (C=O) groups is 1. The quantitative estimate of drug-likeness (QED) is 0.681. The zero-order valence-corrected chi connectivity index (χ0v) is 11.8. The average Bonchev–Trinajstić information content (AvgIpc) is 2.40. The maximum atomic E-state index is 11.6. The molecular weight excluding hydrogens is 260 g/mol. The van der Waals surface area contributed by atoms with Crippen molar-refractivity contribution in [1.82, 2.24) is 5.32 Å². The van der Waals surface area contributed by atoms with E-state index in [0.717, 1.165) is 18.4 Å². The molecule has 0 bridgehead atoms. The Bertz CT molecular complexity index is 444. The minimum absolute atomic E-state index is 0.258. The van der Waals surface area contributed by atoms with Gasteiger partial charge in [0.15, 0.2) is 5.17 Å². The van der Waals surface area contributed by atoms with Crippen LogP contribution in [0.25, 0.3) is 0 Å². The molecule has 1 saturated carbocycles. The molecule has 0 aliphatic heterocycles. The van der Waals surface area contributed by atoms with E-state index >= 15 is 0 Å². The highest BCUT2D eigenvalue weighted by Crippen LogP contribution is 2.19. The van der Waals surface area contributed by atoms with Gasteiger partial charge < -0.3 is 10.1 Å². The summed E-state index contributed by atoms with van der Waals surface area (Å²) in [5, 5.41) is 3.89. The number of carbonyl (C=O) groups excluding carboxylic acids is 1. The number of amides is 1. The van der Waals surface area contributed by atoms with Crippen LogP contribution < -0.4 is 5.32 Å². The Morgan fingerprint density at radius 3 is 2.74 bits per heavy atom. The van der Waals surface area contributed by atoms with Crippen LogP contribution in [0.4, 0.5) is 4.79 Å². The molecule has 0 unspecified atom stereocenters. The van der Waals surface area contributed by atoms with Gasteiger partial charge in [-0.1, -0.05) is 42.1 Å². The first-order valence-corrected chi connectivity index (χ1v) is 7.60. The molecule has 1 fully saturated rings. The first kappa shape index (κ1) is 13.9. The van der Waals surface area contributed by atoms with Crippen molar-refractivity contribution in [3.63, 3.8) is 0 Å². The van der Waals surface area contributed by atoms with Gasteiger partial charge in [-0.2, -0.15) is 4.99 Å². The molecule has 1 aromatic rings. The average molecular weight is 278 g/mol. The number of rotatable bonds is 3. The molecule has 0 heterocycles. The third kappa shape index (κ3) is 4.59. The lowest BCUT2D eigenvalue weighted by Crippen LogP contribution is -2.38. The van der Waals surface area contributed by atoms with Crippen molar-refractivity contribution in [3.05, 3.63) is 35.9 Å². The van der Waals surface area contributed by atoms with Crippen LogP contribution in [-0.4, -0.2) is 23.6 Å². The Hall–Kier alpha value is -1.49. The first-order chi connectivity index (χ1) is 9.28. The Balaban J connectivity index is 1.80. The van der Waals surface area contributed by atoms with Crippen LogP contribution in [0.5, 0.6) is 0 Å². The molecule has 0 atom stereocenters. The topological polar surface area (TPSA) is 50.7 Å². The summed E-state index contributed by atoms with van der Waals surface area (Å²) in [7, 11) is 0. The highest BCUT2D eigenvalue weighted by molar-refractivity contribution is 8.13. The Morgan fingerprint density at radius 2 is 2.16 bits per heavy atom. The number of hydrogen-bond donors (Lipinski definition) is 1. The summed E-state index contributed by atoms with van der Waals surface area (Å²) < 4.78 is 5.11. The van der Waals surface area contributed by atoms with Crippen molar-refractivity contribution in [3.8, 4) is 0 Å². The molecule has 2 rings (SSSR count). The summed E-state index contributed by atoms with van der Waals surface area (Å²) >= 11 is 1.44. The molecule has 0 radical (unpaired) electrons. The number of hydrogen-bond acceptors (Lipinski definition) is 3. The monoisotopic (exact) mass is 278 g/mol. The smallest absolute Gasteiger partial charge is 0.436 e. The molecule has 0 saturated heterocycles. The van der Waals surface area contributed by atoms with E-state index in [-0.39, 0.29) is 6.61 Å². The minimum Gasteiger partial charge on any atom is -0.443 e. The van der Waals surface area contributed by atoms with E-state index in [2.05, 4.69) is 10.3 Å². The number of benzene rings is 1. The van der Waals surface area contributed by atoms with Gasteiger partial charge in [0.1, 0.15) is 6.61 Å². The second-order valence-electron chi connectivity index (χ2n) is 4.43. The zero-order chi connectivity index (χ0) is 13.5. The predicted octanol–water partition coefficient (Wildman–Crippen LogP) is 3.18. The third-order valence-corrected chi connectivity index (χ3v) is 3.62. The van der Waals surface area contributed by atoms with Gasteiger partial charge in [-0.05, 0) is 31.1 Å². The van der Waals surface area contributed by atoms with Crippen LogP contribution in [0.2, 0.25) is 0 Å². The van der Waals surface area contributed by atoms with Crippen LogP contribution in [0, 0.1) is 0 Å². The van der Waals surface area contributed by atoms with Gasteiger partial charge in [-0.25, -0.2) is 4.79 Å². The van der Waals surface area contributed by atoms with Crippen molar-refractivity contribution >= 4 is 23.0 Å². The summed E-state index contributed by atoms with van der Waals surface area (Å²) in [5.74, 6) is 0. The van der Waals surface area contributed by atoms with Gasteiger partial charge in [0.2, 0.25) is 0 Å². The molecule has 5 heteroatoms. The SMILES string of the molecule is CS/C(=N/C(=O)OCc1ccccc1)NC1CCC1. The van der Waals surface area contributed by atoms with Gasteiger partial charge >= 0.3 is 6.09 Å². The summed E-state index contributed by atoms with van der Waals surface area (Å²) in [6.45, 7) is 0.258. The first-order valence-electron chi connectivity index (χ1n) is 6.38. The fraction of sp³-hybridized carbons (Fsp3) is 0.429. The van der Waals surface area contributed by atoms with Crippen LogP contribution in [0.1, 0.15) is 24.8 Å². The van der Waals surface area contributed by atoms with Crippen molar-refractivity contribution < 1.29 is 9.53 Å². The lowest BCUT2D eigenvalue weighted by Gasteiger charge is -2.27. The van der Waals surface area contributed by atoms with E-state index in [1.165, 1.54) is 18.2 Å². The summed E-state index contributed by atoms with van der Waals surface area (Å²) in [6, 6.07) is 10.1. The number of thioether (sulfide) groups is 1. The fourth-order valence-electron chi connectivity index (χ4n) is 1.70. The van der Waals surface area contributed by atoms with Gasteiger partial charge in [0.05, 0.1) is 0 Å². The van der Waals surface area contributed by atoms with E-state index in [4.69, 9.17) is 4.74 Å². The van der Waals surface area contributed by atoms with Gasteiger partial charge in [0.25, 0.3) is 0 Å². The maximum Gasteiger partial charge on any atom is 0.436 e. The zero-order valence-electron chi connectivity index (χ0n) is 11.0. The molecule has 102 valence electrons. The molecule has 4 nitrogen and oxygen atoms in total. The molecule has 1 N–H and O–H groups in total. The van der Waals surface area contributed by atoms with Crippen LogP contribution in [0.15, 0.2) is 35.3 Å². The maximum absolute atomic E-state index is 11.6. The lowest BCUT2D eigenvalue weighted by atomic mass is 9.94. The number of ether oxygens (including phenoxy) is 1. The summed E-state index contributed by atoms with van der Waals surface area (Å²) in [6.07, 6.45) is 4.91. The molecule has 19 heavy (non-hydrogen) atoms. The van der Waals surface area contributed by atoms with E-state index < -0.39 is 6.09 Å².